The van der Waals surface area contributed by atoms with E-state index < -0.39 is 0 Å². The Hall–Kier alpha value is -1.55. The molecule has 1 fully saturated rings. The molecule has 0 aliphatic carbocycles. The molecule has 1 aliphatic heterocycles. The van der Waals surface area contributed by atoms with E-state index in [0.717, 1.165) is 36.8 Å². The van der Waals surface area contributed by atoms with Crippen LogP contribution in [0.5, 0.6) is 5.75 Å². The van der Waals surface area contributed by atoms with Gasteiger partial charge in [-0.15, -0.1) is 0 Å². The minimum atomic E-state index is 0.305. The number of nitrogens with zero attached hydrogens (tertiary/aromatic N) is 1. The van der Waals surface area contributed by atoms with Crippen molar-refractivity contribution < 1.29 is 5.11 Å². The number of halogens is 1. The molecule has 1 saturated heterocycles. The normalized spacial score (nSPS) is 19.6. The second kappa shape index (κ2) is 6.48. The van der Waals surface area contributed by atoms with Crippen LogP contribution < -0.4 is 5.32 Å². The number of phenols is 1. The molecule has 0 radical (unpaired) electrons. The summed E-state index contributed by atoms with van der Waals surface area (Å²) in [5.41, 5.74) is 2.36. The number of piperazine rings is 1. The summed E-state index contributed by atoms with van der Waals surface area (Å²) in [6, 6.07) is 15.8. The lowest BCUT2D eigenvalue weighted by molar-refractivity contribution is 0.153. The second-order valence-electron chi connectivity index (χ2n) is 5.42. The molecular weight excluding hydrogens is 284 g/mol. The summed E-state index contributed by atoms with van der Waals surface area (Å²) in [5, 5.41) is 13.8. The summed E-state index contributed by atoms with van der Waals surface area (Å²) in [4.78, 5) is 2.43. The first-order valence-corrected chi connectivity index (χ1v) is 7.58. The average molecular weight is 303 g/mol. The molecule has 2 aromatic carbocycles. The van der Waals surface area contributed by atoms with Crippen molar-refractivity contribution in [2.24, 2.45) is 0 Å². The lowest BCUT2D eigenvalue weighted by Crippen LogP contribution is -2.45. The monoisotopic (exact) mass is 302 g/mol. The minimum Gasteiger partial charge on any atom is -0.508 e. The van der Waals surface area contributed by atoms with Gasteiger partial charge in [0.2, 0.25) is 0 Å². The number of benzene rings is 2. The molecule has 0 bridgehead atoms. The SMILES string of the molecule is Oc1cccc(CN2CCNCC2c2cccc(Cl)c2)c1. The molecule has 1 atom stereocenters. The number of phenolic OH excluding ortho intramolecular Hbond substituents is 1. The maximum absolute atomic E-state index is 9.61. The van der Waals surface area contributed by atoms with Crippen molar-refractivity contribution >= 4 is 11.6 Å². The molecule has 3 nitrogen and oxygen atoms in total. The van der Waals surface area contributed by atoms with Gasteiger partial charge in [-0.1, -0.05) is 35.9 Å². The molecule has 0 spiro atoms. The van der Waals surface area contributed by atoms with Gasteiger partial charge in [-0.2, -0.15) is 0 Å². The minimum absolute atomic E-state index is 0.305. The molecular formula is C17H19ClN2O. The van der Waals surface area contributed by atoms with E-state index in [0.29, 0.717) is 11.8 Å². The summed E-state index contributed by atoms with van der Waals surface area (Å²) in [6.45, 7) is 3.70. The summed E-state index contributed by atoms with van der Waals surface area (Å²) >= 11 is 6.12. The van der Waals surface area contributed by atoms with Crippen molar-refractivity contribution in [1.82, 2.24) is 10.2 Å². The standard InChI is InChI=1S/C17H19ClN2O/c18-15-5-2-4-14(10-15)17-11-19-7-8-20(17)12-13-3-1-6-16(21)9-13/h1-6,9-10,17,19,21H,7-8,11-12H2. The Bertz CT molecular complexity index is 617. The molecule has 0 saturated carbocycles. The maximum Gasteiger partial charge on any atom is 0.115 e. The van der Waals surface area contributed by atoms with Gasteiger partial charge in [0.1, 0.15) is 5.75 Å². The lowest BCUT2D eigenvalue weighted by atomic mass is 10.0. The van der Waals surface area contributed by atoms with Crippen LogP contribution in [0, 0.1) is 0 Å². The number of aromatic hydroxyl groups is 1. The third-order valence-corrected chi connectivity index (χ3v) is 4.12. The Morgan fingerprint density at radius 1 is 1.19 bits per heavy atom. The van der Waals surface area contributed by atoms with Crippen LogP contribution >= 0.6 is 11.6 Å². The van der Waals surface area contributed by atoms with E-state index in [-0.39, 0.29) is 0 Å². The Balaban J connectivity index is 1.81. The molecule has 0 amide bonds. The number of rotatable bonds is 3. The van der Waals surface area contributed by atoms with Gasteiger partial charge >= 0.3 is 0 Å². The highest BCUT2D eigenvalue weighted by atomic mass is 35.5. The van der Waals surface area contributed by atoms with E-state index in [1.165, 1.54) is 5.56 Å². The van der Waals surface area contributed by atoms with Crippen LogP contribution in [-0.4, -0.2) is 29.6 Å². The molecule has 0 aromatic heterocycles. The summed E-state index contributed by atoms with van der Waals surface area (Å²) in [6.07, 6.45) is 0. The van der Waals surface area contributed by atoms with E-state index in [1.54, 1.807) is 6.07 Å². The van der Waals surface area contributed by atoms with Gasteiger partial charge in [0.05, 0.1) is 0 Å². The topological polar surface area (TPSA) is 35.5 Å². The lowest BCUT2D eigenvalue weighted by Gasteiger charge is -2.36. The molecule has 110 valence electrons. The van der Waals surface area contributed by atoms with Crippen molar-refractivity contribution in [2.75, 3.05) is 19.6 Å². The molecule has 21 heavy (non-hydrogen) atoms. The van der Waals surface area contributed by atoms with Gasteiger partial charge in [-0.05, 0) is 35.4 Å². The molecule has 1 unspecified atom stereocenters. The van der Waals surface area contributed by atoms with Crippen LogP contribution in [-0.2, 0) is 6.54 Å². The molecule has 2 aromatic rings. The smallest absolute Gasteiger partial charge is 0.115 e. The van der Waals surface area contributed by atoms with Crippen LogP contribution in [0.4, 0.5) is 0 Å². The first-order valence-electron chi connectivity index (χ1n) is 7.20. The third-order valence-electron chi connectivity index (χ3n) is 3.88. The van der Waals surface area contributed by atoms with E-state index in [9.17, 15) is 5.11 Å². The number of nitrogens with one attached hydrogen (secondary N) is 1. The van der Waals surface area contributed by atoms with E-state index >= 15 is 0 Å². The van der Waals surface area contributed by atoms with Crippen LogP contribution in [0.2, 0.25) is 5.02 Å². The van der Waals surface area contributed by atoms with Gasteiger partial charge in [0.25, 0.3) is 0 Å². The first kappa shape index (κ1) is 14.4. The summed E-state index contributed by atoms with van der Waals surface area (Å²) in [7, 11) is 0. The van der Waals surface area contributed by atoms with Crippen LogP contribution in [0.25, 0.3) is 0 Å². The van der Waals surface area contributed by atoms with E-state index in [1.807, 2.05) is 30.3 Å². The highest BCUT2D eigenvalue weighted by Crippen LogP contribution is 2.26. The van der Waals surface area contributed by atoms with Crippen molar-refractivity contribution in [3.05, 3.63) is 64.7 Å². The molecule has 1 heterocycles. The Labute approximate surface area is 130 Å². The largest absolute Gasteiger partial charge is 0.508 e. The zero-order valence-electron chi connectivity index (χ0n) is 11.8. The molecule has 4 heteroatoms. The zero-order chi connectivity index (χ0) is 14.7. The quantitative estimate of drug-likeness (QED) is 0.914. The van der Waals surface area contributed by atoms with Crippen LogP contribution in [0.3, 0.4) is 0 Å². The molecule has 2 N–H and O–H groups in total. The summed E-state index contributed by atoms with van der Waals surface area (Å²) in [5.74, 6) is 0.321. The molecule has 1 aliphatic rings. The molecule has 3 rings (SSSR count). The number of hydrogen-bond acceptors (Lipinski definition) is 3. The predicted octanol–water partition coefficient (Wildman–Crippen LogP) is 3.19. The average Bonchev–Trinajstić information content (AvgIpc) is 2.48. The fraction of sp³-hybridized carbons (Fsp3) is 0.294. The van der Waals surface area contributed by atoms with E-state index in [2.05, 4.69) is 22.3 Å². The zero-order valence-corrected chi connectivity index (χ0v) is 12.6. The van der Waals surface area contributed by atoms with Crippen LogP contribution in [0.15, 0.2) is 48.5 Å². The third kappa shape index (κ3) is 3.56. The number of hydrogen-bond donors (Lipinski definition) is 2. The fourth-order valence-electron chi connectivity index (χ4n) is 2.87. The second-order valence-corrected chi connectivity index (χ2v) is 5.85. The van der Waals surface area contributed by atoms with Crippen molar-refractivity contribution in [2.45, 2.75) is 12.6 Å². The van der Waals surface area contributed by atoms with Gasteiger partial charge < -0.3 is 10.4 Å². The Morgan fingerprint density at radius 3 is 2.86 bits per heavy atom. The van der Waals surface area contributed by atoms with Gasteiger partial charge in [0, 0.05) is 37.2 Å². The van der Waals surface area contributed by atoms with Crippen molar-refractivity contribution in [1.29, 1.82) is 0 Å². The fourth-order valence-corrected chi connectivity index (χ4v) is 3.07. The Morgan fingerprint density at radius 2 is 2.05 bits per heavy atom. The summed E-state index contributed by atoms with van der Waals surface area (Å²) < 4.78 is 0. The highest BCUT2D eigenvalue weighted by Gasteiger charge is 2.23. The highest BCUT2D eigenvalue weighted by molar-refractivity contribution is 6.30. The van der Waals surface area contributed by atoms with Gasteiger partial charge in [0.15, 0.2) is 0 Å². The van der Waals surface area contributed by atoms with E-state index in [4.69, 9.17) is 11.6 Å². The first-order chi connectivity index (χ1) is 10.2. The predicted molar refractivity (Wildman–Crippen MR) is 85.6 cm³/mol. The van der Waals surface area contributed by atoms with Gasteiger partial charge in [-0.3, -0.25) is 4.90 Å². The van der Waals surface area contributed by atoms with Crippen molar-refractivity contribution in [3.63, 3.8) is 0 Å². The Kier molecular flexibility index (Phi) is 4.44. The maximum atomic E-state index is 9.61. The van der Waals surface area contributed by atoms with Gasteiger partial charge in [-0.25, -0.2) is 0 Å². The van der Waals surface area contributed by atoms with Crippen LogP contribution in [0.1, 0.15) is 17.2 Å². The van der Waals surface area contributed by atoms with Crippen molar-refractivity contribution in [3.8, 4) is 5.75 Å².